The molecule has 4 heteroatoms. The summed E-state index contributed by atoms with van der Waals surface area (Å²) >= 11 is 0. The van der Waals surface area contributed by atoms with Crippen LogP contribution in [-0.2, 0) is 10.7 Å². The van der Waals surface area contributed by atoms with Crippen molar-refractivity contribution in [2.45, 2.75) is 4.90 Å². The van der Waals surface area contributed by atoms with Gasteiger partial charge in [0.05, 0.1) is 11.6 Å². The zero-order valence-corrected chi connectivity index (χ0v) is 7.71. The van der Waals surface area contributed by atoms with E-state index in [2.05, 4.69) is 28.6 Å². The Bertz CT molecular complexity index is 335. The Balaban J connectivity index is 2.57. The molecular formula is C8H11N3S. The molecule has 1 aliphatic rings. The minimum absolute atomic E-state index is 0.111. The van der Waals surface area contributed by atoms with Gasteiger partial charge in [-0.3, -0.25) is 0 Å². The highest BCUT2D eigenvalue weighted by molar-refractivity contribution is 7.87. The highest BCUT2D eigenvalue weighted by atomic mass is 32.2. The van der Waals surface area contributed by atoms with Gasteiger partial charge in [0.2, 0.25) is 0 Å². The summed E-state index contributed by atoms with van der Waals surface area (Å²) in [6.07, 6.45) is 0. The van der Waals surface area contributed by atoms with Crippen LogP contribution in [0.5, 0.6) is 0 Å². The van der Waals surface area contributed by atoms with Gasteiger partial charge in [-0.15, -0.1) is 0 Å². The van der Waals surface area contributed by atoms with Gasteiger partial charge in [-0.2, -0.15) is 4.47 Å². The summed E-state index contributed by atoms with van der Waals surface area (Å²) in [5.74, 6) is 6.25. The Morgan fingerprint density at radius 3 is 3.00 bits per heavy atom. The van der Waals surface area contributed by atoms with E-state index in [0.717, 1.165) is 5.88 Å². The molecule has 0 saturated carbocycles. The Hall–Kier alpha value is -0.870. The largest absolute Gasteiger partial charge is 0.363 e. The second-order valence-electron chi connectivity index (χ2n) is 2.76. The molecule has 2 rings (SSSR count). The van der Waals surface area contributed by atoms with Crippen molar-refractivity contribution in [1.82, 2.24) is 0 Å². The molecular weight excluding hydrogens is 170 g/mol. The standard InChI is InChI=1S/C8H11N3S/c1-11-6-12(10-9)8-5-3-2-4-7(8)11/h2-5H,6,9H2,1H3. The van der Waals surface area contributed by atoms with Gasteiger partial charge >= 0.3 is 0 Å². The minimum atomic E-state index is -0.111. The van der Waals surface area contributed by atoms with E-state index >= 15 is 0 Å². The molecule has 0 spiro atoms. The molecule has 1 aromatic rings. The predicted octanol–water partition coefficient (Wildman–Crippen LogP) is 1.13. The van der Waals surface area contributed by atoms with Gasteiger partial charge in [-0.05, 0) is 22.8 Å². The lowest BCUT2D eigenvalue weighted by molar-refractivity contribution is 1.10. The van der Waals surface area contributed by atoms with Crippen LogP contribution in [0, 0.1) is 0 Å². The maximum atomic E-state index is 5.32. The number of benzene rings is 1. The second-order valence-corrected chi connectivity index (χ2v) is 4.40. The maximum Gasteiger partial charge on any atom is 0.0804 e. The molecule has 1 aliphatic heterocycles. The summed E-state index contributed by atoms with van der Waals surface area (Å²) < 4.78 is 3.87. The van der Waals surface area contributed by atoms with E-state index < -0.39 is 0 Å². The number of nitrogens with zero attached hydrogens (tertiary/aromatic N) is 2. The van der Waals surface area contributed by atoms with Crippen LogP contribution in [0.1, 0.15) is 0 Å². The molecule has 64 valence electrons. The molecule has 0 aromatic heterocycles. The Morgan fingerprint density at radius 1 is 1.50 bits per heavy atom. The zero-order chi connectivity index (χ0) is 8.55. The fourth-order valence-electron chi connectivity index (χ4n) is 1.38. The maximum absolute atomic E-state index is 5.32. The normalized spacial score (nSPS) is 21.5. The molecule has 1 aromatic carbocycles. The number of fused-ring (bicyclic) bond motifs is 1. The van der Waals surface area contributed by atoms with Crippen LogP contribution in [-0.4, -0.2) is 12.9 Å². The Kier molecular flexibility index (Phi) is 1.86. The molecule has 1 unspecified atom stereocenters. The quantitative estimate of drug-likeness (QED) is 0.481. The molecule has 0 amide bonds. The summed E-state index contributed by atoms with van der Waals surface area (Å²) in [4.78, 5) is 3.46. The van der Waals surface area contributed by atoms with Gasteiger partial charge in [-0.1, -0.05) is 12.1 Å². The number of hydrogen-bond donors (Lipinski definition) is 1. The van der Waals surface area contributed by atoms with E-state index in [-0.39, 0.29) is 10.7 Å². The fourth-order valence-corrected chi connectivity index (χ4v) is 2.91. The molecule has 12 heavy (non-hydrogen) atoms. The number of hydrogen-bond acceptors (Lipinski definition) is 2. The third-order valence-electron chi connectivity index (χ3n) is 1.97. The van der Waals surface area contributed by atoms with Gasteiger partial charge in [0.25, 0.3) is 0 Å². The van der Waals surface area contributed by atoms with Crippen molar-refractivity contribution in [3.05, 3.63) is 24.3 Å². The number of para-hydroxylation sites is 1. The van der Waals surface area contributed by atoms with E-state index in [9.17, 15) is 0 Å². The van der Waals surface area contributed by atoms with Crippen molar-refractivity contribution in [3.8, 4) is 0 Å². The van der Waals surface area contributed by atoms with Crippen molar-refractivity contribution < 1.29 is 0 Å². The van der Waals surface area contributed by atoms with Crippen LogP contribution in [0.2, 0.25) is 0 Å². The molecule has 0 fully saturated rings. The Labute approximate surface area is 74.3 Å². The number of anilines is 1. The molecule has 0 radical (unpaired) electrons. The lowest BCUT2D eigenvalue weighted by Crippen LogP contribution is -2.14. The summed E-state index contributed by atoms with van der Waals surface area (Å²) in [6, 6.07) is 8.27. The lowest BCUT2D eigenvalue weighted by Gasteiger charge is -2.08. The van der Waals surface area contributed by atoms with E-state index in [1.54, 1.807) is 0 Å². The summed E-state index contributed by atoms with van der Waals surface area (Å²) in [5.41, 5.74) is 1.26. The van der Waals surface area contributed by atoms with Gasteiger partial charge in [0, 0.05) is 11.9 Å². The van der Waals surface area contributed by atoms with Gasteiger partial charge in [0.15, 0.2) is 0 Å². The second kappa shape index (κ2) is 2.88. The van der Waals surface area contributed by atoms with E-state index in [1.807, 2.05) is 12.1 Å². The SMILES string of the molecule is CN1CS(=NN)c2ccccc21. The minimum Gasteiger partial charge on any atom is -0.363 e. The van der Waals surface area contributed by atoms with Crippen LogP contribution in [0.25, 0.3) is 0 Å². The van der Waals surface area contributed by atoms with Crippen molar-refractivity contribution in [2.24, 2.45) is 10.3 Å². The highest BCUT2D eigenvalue weighted by Crippen LogP contribution is 2.30. The van der Waals surface area contributed by atoms with Gasteiger partial charge in [-0.25, -0.2) is 5.84 Å². The first-order valence-electron chi connectivity index (χ1n) is 3.75. The van der Waals surface area contributed by atoms with Crippen LogP contribution < -0.4 is 10.7 Å². The monoisotopic (exact) mass is 181 g/mol. The Morgan fingerprint density at radius 2 is 2.25 bits per heavy atom. The van der Waals surface area contributed by atoms with Crippen molar-refractivity contribution >= 4 is 16.4 Å². The molecule has 0 aliphatic carbocycles. The first-order chi connectivity index (χ1) is 5.83. The third-order valence-corrected chi connectivity index (χ3v) is 3.71. The smallest absolute Gasteiger partial charge is 0.0804 e. The van der Waals surface area contributed by atoms with E-state index in [0.29, 0.717) is 0 Å². The van der Waals surface area contributed by atoms with Gasteiger partial charge in [0.1, 0.15) is 0 Å². The molecule has 3 nitrogen and oxygen atoms in total. The topological polar surface area (TPSA) is 41.6 Å². The lowest BCUT2D eigenvalue weighted by atomic mass is 10.3. The first-order valence-corrected chi connectivity index (χ1v) is 5.10. The summed E-state index contributed by atoms with van der Waals surface area (Å²) in [6.45, 7) is 0. The predicted molar refractivity (Wildman–Crippen MR) is 52.0 cm³/mol. The average Bonchev–Trinajstić information content (AvgIpc) is 2.44. The molecule has 1 heterocycles. The van der Waals surface area contributed by atoms with E-state index in [4.69, 9.17) is 5.84 Å². The van der Waals surface area contributed by atoms with Crippen molar-refractivity contribution in [3.63, 3.8) is 0 Å². The van der Waals surface area contributed by atoms with Crippen LogP contribution in [0.15, 0.2) is 33.6 Å². The summed E-state index contributed by atoms with van der Waals surface area (Å²) in [5, 5.41) is 0. The molecule has 0 bridgehead atoms. The molecule has 0 saturated heterocycles. The van der Waals surface area contributed by atoms with Gasteiger partial charge < -0.3 is 4.90 Å². The fraction of sp³-hybridized carbons (Fsp3) is 0.250. The van der Waals surface area contributed by atoms with Crippen LogP contribution in [0.4, 0.5) is 5.69 Å². The first kappa shape index (κ1) is 7.76. The number of nitrogens with two attached hydrogens (primary N) is 1. The molecule has 1 atom stereocenters. The third kappa shape index (κ3) is 1.04. The average molecular weight is 181 g/mol. The van der Waals surface area contributed by atoms with Crippen LogP contribution >= 0.6 is 0 Å². The summed E-state index contributed by atoms with van der Waals surface area (Å²) in [7, 11) is 1.96. The molecule has 2 N–H and O–H groups in total. The number of rotatable bonds is 0. The van der Waals surface area contributed by atoms with E-state index in [1.165, 1.54) is 10.6 Å². The van der Waals surface area contributed by atoms with Crippen LogP contribution in [0.3, 0.4) is 0 Å². The zero-order valence-electron chi connectivity index (χ0n) is 6.90. The highest BCUT2D eigenvalue weighted by Gasteiger charge is 2.19. The van der Waals surface area contributed by atoms with Crippen molar-refractivity contribution in [1.29, 1.82) is 0 Å². The van der Waals surface area contributed by atoms with Crippen molar-refractivity contribution in [2.75, 3.05) is 17.8 Å².